The van der Waals surface area contributed by atoms with E-state index in [-0.39, 0.29) is 0 Å². The Kier molecular flexibility index (Phi) is 3.86. The van der Waals surface area contributed by atoms with Gasteiger partial charge in [-0.25, -0.2) is 4.98 Å². The molecule has 0 spiro atoms. The lowest BCUT2D eigenvalue weighted by Gasteiger charge is -2.03. The van der Waals surface area contributed by atoms with Gasteiger partial charge in [0.1, 0.15) is 16.7 Å². The van der Waals surface area contributed by atoms with Crippen LogP contribution in [0, 0.1) is 6.92 Å². The normalized spacial score (nSPS) is 10.8. The molecule has 0 unspecified atom stereocenters. The van der Waals surface area contributed by atoms with Crippen molar-refractivity contribution in [3.05, 3.63) is 39.2 Å². The van der Waals surface area contributed by atoms with Crippen molar-refractivity contribution in [3.63, 3.8) is 0 Å². The van der Waals surface area contributed by atoms with Gasteiger partial charge in [0.2, 0.25) is 0 Å². The number of aryl methyl sites for hydroxylation is 1. The van der Waals surface area contributed by atoms with Crippen molar-refractivity contribution in [1.29, 1.82) is 0 Å². The Morgan fingerprint density at radius 3 is 2.94 bits per heavy atom. The Balaban J connectivity index is 2.48. The molecule has 0 bridgehead atoms. The summed E-state index contributed by atoms with van der Waals surface area (Å²) in [5.74, 6) is 0.840. The monoisotopic (exact) mass is 313 g/mol. The first-order valence-corrected chi connectivity index (χ1v) is 6.44. The number of nitrogens with zero attached hydrogens (tertiary/aromatic N) is 1. The fraction of sp³-hybridized carbons (Fsp3) is 0.250. The zero-order valence-corrected chi connectivity index (χ0v) is 12.0. The van der Waals surface area contributed by atoms with Crippen LogP contribution in [-0.2, 0) is 6.54 Å². The van der Waals surface area contributed by atoms with Gasteiger partial charge in [0, 0.05) is 10.0 Å². The maximum Gasteiger partial charge on any atom is 0.134 e. The van der Waals surface area contributed by atoms with Gasteiger partial charge in [0.05, 0.1) is 6.54 Å². The van der Waals surface area contributed by atoms with Crippen LogP contribution in [0.2, 0.25) is 5.15 Å². The second kappa shape index (κ2) is 5.21. The third-order valence-electron chi connectivity index (χ3n) is 2.51. The molecule has 0 aliphatic heterocycles. The quantitative estimate of drug-likeness (QED) is 0.910. The lowest BCUT2D eigenvalue weighted by molar-refractivity contribution is 0.772. The molecule has 3 nitrogen and oxygen atoms in total. The van der Waals surface area contributed by atoms with E-state index in [1.165, 1.54) is 0 Å². The van der Waals surface area contributed by atoms with E-state index in [2.05, 4.69) is 31.2 Å². The molecule has 1 aromatic heterocycles. The second-order valence-electron chi connectivity index (χ2n) is 3.84. The van der Waals surface area contributed by atoms with E-state index < -0.39 is 0 Å². The van der Waals surface area contributed by atoms with Crippen molar-refractivity contribution in [3.8, 4) is 11.3 Å². The Hall–Kier alpha value is -0.840. The average molecular weight is 315 g/mol. The lowest BCUT2D eigenvalue weighted by atomic mass is 10.1. The molecule has 90 valence electrons. The van der Waals surface area contributed by atoms with Crippen LogP contribution in [0.1, 0.15) is 11.4 Å². The van der Waals surface area contributed by atoms with E-state index >= 15 is 0 Å². The van der Waals surface area contributed by atoms with Crippen LogP contribution < -0.4 is 5.32 Å². The highest BCUT2D eigenvalue weighted by Crippen LogP contribution is 2.30. The highest BCUT2D eigenvalue weighted by Gasteiger charge is 2.12. The van der Waals surface area contributed by atoms with Crippen LogP contribution in [0.3, 0.4) is 0 Å². The first-order valence-electron chi connectivity index (χ1n) is 5.27. The van der Waals surface area contributed by atoms with Crippen LogP contribution in [-0.4, -0.2) is 17.0 Å². The van der Waals surface area contributed by atoms with Crippen molar-refractivity contribution >= 4 is 27.5 Å². The van der Waals surface area contributed by atoms with E-state index in [4.69, 9.17) is 11.6 Å². The Bertz CT molecular complexity index is 537. The number of aromatic amines is 1. The molecule has 17 heavy (non-hydrogen) atoms. The van der Waals surface area contributed by atoms with E-state index in [9.17, 15) is 0 Å². The summed E-state index contributed by atoms with van der Waals surface area (Å²) in [6.45, 7) is 2.72. The number of hydrogen-bond acceptors (Lipinski definition) is 2. The van der Waals surface area contributed by atoms with Gasteiger partial charge in [-0.1, -0.05) is 33.6 Å². The molecule has 5 heteroatoms. The molecule has 0 aliphatic rings. The van der Waals surface area contributed by atoms with Gasteiger partial charge in [0.15, 0.2) is 0 Å². The number of halogens is 2. The van der Waals surface area contributed by atoms with Gasteiger partial charge in [-0.15, -0.1) is 0 Å². The van der Waals surface area contributed by atoms with Crippen molar-refractivity contribution in [1.82, 2.24) is 15.3 Å². The van der Waals surface area contributed by atoms with Crippen LogP contribution in [0.5, 0.6) is 0 Å². The van der Waals surface area contributed by atoms with E-state index in [1.807, 2.05) is 32.2 Å². The number of aromatic nitrogens is 2. The highest BCUT2D eigenvalue weighted by molar-refractivity contribution is 9.10. The molecule has 0 saturated heterocycles. The van der Waals surface area contributed by atoms with Gasteiger partial charge < -0.3 is 10.3 Å². The van der Waals surface area contributed by atoms with Gasteiger partial charge in [0.25, 0.3) is 0 Å². The van der Waals surface area contributed by atoms with Crippen molar-refractivity contribution in [2.24, 2.45) is 0 Å². The summed E-state index contributed by atoms with van der Waals surface area (Å²) in [5, 5.41) is 3.62. The Labute approximate surface area is 114 Å². The summed E-state index contributed by atoms with van der Waals surface area (Å²) < 4.78 is 1.02. The minimum Gasteiger partial charge on any atom is -0.331 e. The molecule has 0 aliphatic carbocycles. The molecule has 1 aromatic carbocycles. The molecule has 2 aromatic rings. The topological polar surface area (TPSA) is 40.7 Å². The minimum absolute atomic E-state index is 0.580. The maximum absolute atomic E-state index is 6.18. The second-order valence-corrected chi connectivity index (χ2v) is 5.13. The fourth-order valence-corrected chi connectivity index (χ4v) is 2.29. The molecule has 0 atom stereocenters. The Morgan fingerprint density at radius 2 is 2.24 bits per heavy atom. The van der Waals surface area contributed by atoms with Crippen molar-refractivity contribution in [2.75, 3.05) is 7.05 Å². The number of rotatable bonds is 3. The van der Waals surface area contributed by atoms with Crippen LogP contribution in [0.4, 0.5) is 0 Å². The molecule has 0 amide bonds. The molecular weight excluding hydrogens is 302 g/mol. The average Bonchev–Trinajstić information content (AvgIpc) is 2.64. The van der Waals surface area contributed by atoms with Crippen LogP contribution in [0.25, 0.3) is 11.3 Å². The predicted octanol–water partition coefficient (Wildman–Crippen LogP) is 3.52. The largest absolute Gasteiger partial charge is 0.331 e. The molecule has 0 fully saturated rings. The SMILES string of the molecule is CNCc1nc(-c2cc(Br)ccc2C)c(Cl)[nH]1. The molecule has 0 radical (unpaired) electrons. The van der Waals surface area contributed by atoms with Gasteiger partial charge >= 0.3 is 0 Å². The molecule has 0 saturated carbocycles. The summed E-state index contributed by atoms with van der Waals surface area (Å²) in [6, 6.07) is 6.08. The summed E-state index contributed by atoms with van der Waals surface area (Å²) in [4.78, 5) is 7.57. The molecule has 1 heterocycles. The summed E-state index contributed by atoms with van der Waals surface area (Å²) in [6.07, 6.45) is 0. The summed E-state index contributed by atoms with van der Waals surface area (Å²) in [7, 11) is 1.88. The third-order valence-corrected chi connectivity index (χ3v) is 3.27. The van der Waals surface area contributed by atoms with E-state index in [1.54, 1.807) is 0 Å². The van der Waals surface area contributed by atoms with Crippen molar-refractivity contribution < 1.29 is 0 Å². The van der Waals surface area contributed by atoms with Gasteiger partial charge in [-0.2, -0.15) is 0 Å². The van der Waals surface area contributed by atoms with E-state index in [0.29, 0.717) is 11.7 Å². The Morgan fingerprint density at radius 1 is 1.47 bits per heavy atom. The van der Waals surface area contributed by atoms with E-state index in [0.717, 1.165) is 27.1 Å². The zero-order valence-electron chi connectivity index (χ0n) is 9.64. The first kappa shape index (κ1) is 12.6. The molecular formula is C12H13BrClN3. The number of benzene rings is 1. The van der Waals surface area contributed by atoms with Gasteiger partial charge in [-0.3, -0.25) is 0 Å². The highest BCUT2D eigenvalue weighted by atomic mass is 79.9. The number of H-pyrrole nitrogens is 1. The standard InChI is InChI=1S/C12H13BrClN3/c1-7-3-4-8(13)5-9(7)11-12(14)17-10(16-11)6-15-2/h3-5,15H,6H2,1-2H3,(H,16,17). The lowest BCUT2D eigenvalue weighted by Crippen LogP contribution is -2.06. The molecule has 2 N–H and O–H groups in total. The first-order chi connectivity index (χ1) is 8.11. The maximum atomic E-state index is 6.18. The zero-order chi connectivity index (χ0) is 12.4. The molecule has 2 rings (SSSR count). The van der Waals surface area contributed by atoms with Crippen molar-refractivity contribution in [2.45, 2.75) is 13.5 Å². The van der Waals surface area contributed by atoms with Gasteiger partial charge in [-0.05, 0) is 31.7 Å². The smallest absolute Gasteiger partial charge is 0.134 e. The van der Waals surface area contributed by atoms with Crippen LogP contribution in [0.15, 0.2) is 22.7 Å². The number of nitrogens with one attached hydrogen (secondary N) is 2. The fourth-order valence-electron chi connectivity index (χ4n) is 1.68. The number of hydrogen-bond donors (Lipinski definition) is 2. The van der Waals surface area contributed by atoms with Crippen LogP contribution >= 0.6 is 27.5 Å². The minimum atomic E-state index is 0.580. The number of imidazole rings is 1. The summed E-state index contributed by atoms with van der Waals surface area (Å²) >= 11 is 9.64. The summed E-state index contributed by atoms with van der Waals surface area (Å²) in [5.41, 5.74) is 3.00. The third kappa shape index (κ3) is 2.70. The predicted molar refractivity (Wildman–Crippen MR) is 74.2 cm³/mol.